The van der Waals surface area contributed by atoms with Gasteiger partial charge in [-0.25, -0.2) is 14.6 Å². The molecule has 0 spiro atoms. The average molecular weight is 441 g/mol. The maximum atomic E-state index is 11.1. The van der Waals surface area contributed by atoms with E-state index in [9.17, 15) is 9.59 Å². The van der Waals surface area contributed by atoms with E-state index >= 15 is 0 Å². The third-order valence-electron chi connectivity index (χ3n) is 4.77. The molecule has 0 atom stereocenters. The van der Waals surface area contributed by atoms with E-state index in [1.165, 1.54) is 12.1 Å². The van der Waals surface area contributed by atoms with Gasteiger partial charge < -0.3 is 34.8 Å². The molecule has 0 amide bonds. The maximum Gasteiger partial charge on any atom is 0.354 e. The van der Waals surface area contributed by atoms with Crippen LogP contribution in [0.15, 0.2) is 12.1 Å². The summed E-state index contributed by atoms with van der Waals surface area (Å²) in [4.78, 5) is 30.4. The van der Waals surface area contributed by atoms with Crippen molar-refractivity contribution in [1.82, 2.24) is 20.1 Å². The highest BCUT2D eigenvalue weighted by Gasteiger charge is 2.14. The van der Waals surface area contributed by atoms with Gasteiger partial charge in [0.15, 0.2) is 11.4 Å². The number of hydrogen-bond donors (Lipinski definition) is 3. The molecule has 0 radical (unpaired) electrons. The summed E-state index contributed by atoms with van der Waals surface area (Å²) in [6, 6.07) is 2.40. The summed E-state index contributed by atoms with van der Waals surface area (Å²) in [7, 11) is 0. The molecule has 0 bridgehead atoms. The predicted molar refractivity (Wildman–Crippen MR) is 117 cm³/mol. The molecule has 3 N–H and O–H groups in total. The van der Waals surface area contributed by atoms with Gasteiger partial charge in [-0.3, -0.25) is 0 Å². The van der Waals surface area contributed by atoms with Gasteiger partial charge in [-0.05, 0) is 19.6 Å². The van der Waals surface area contributed by atoms with Crippen LogP contribution in [0.4, 0.5) is 0 Å². The topological polar surface area (TPSA) is 124 Å². The third-order valence-corrected chi connectivity index (χ3v) is 4.77. The molecule has 0 saturated carbocycles. The summed E-state index contributed by atoms with van der Waals surface area (Å²) >= 11 is 0. The number of nitrogens with zero attached hydrogens (tertiary/aromatic N) is 3. The van der Waals surface area contributed by atoms with E-state index in [0.29, 0.717) is 13.2 Å². The Morgan fingerprint density at radius 1 is 0.903 bits per heavy atom. The number of carboxylic acids is 2. The minimum atomic E-state index is -1.31. The van der Waals surface area contributed by atoms with Crippen LogP contribution in [0, 0.1) is 0 Å². The van der Waals surface area contributed by atoms with E-state index in [1.807, 2.05) is 0 Å². The monoisotopic (exact) mass is 440 g/mol. The van der Waals surface area contributed by atoms with Crippen molar-refractivity contribution in [2.45, 2.75) is 20.8 Å². The van der Waals surface area contributed by atoms with Crippen molar-refractivity contribution in [2.24, 2.45) is 0 Å². The van der Waals surface area contributed by atoms with E-state index in [1.54, 1.807) is 0 Å². The molecule has 1 aromatic rings. The first kappa shape index (κ1) is 26.8. The Morgan fingerprint density at radius 3 is 2.00 bits per heavy atom. The number of ether oxygens (including phenoxy) is 2. The normalized spacial score (nSPS) is 11.3. The average Bonchev–Trinajstić information content (AvgIpc) is 2.76. The van der Waals surface area contributed by atoms with E-state index in [2.05, 4.69) is 40.9 Å². The van der Waals surface area contributed by atoms with Crippen LogP contribution in [-0.2, 0) is 4.74 Å². The van der Waals surface area contributed by atoms with Crippen LogP contribution in [0.2, 0.25) is 0 Å². The lowest BCUT2D eigenvalue weighted by atomic mass is 10.3. The predicted octanol–water partition coefficient (Wildman–Crippen LogP) is 1.13. The first-order valence-electron chi connectivity index (χ1n) is 10.8. The summed E-state index contributed by atoms with van der Waals surface area (Å²) < 4.78 is 11.1. The van der Waals surface area contributed by atoms with Gasteiger partial charge >= 0.3 is 11.9 Å². The molecule has 0 aliphatic rings. The number of nitrogens with one attached hydrogen (secondary N) is 1. The van der Waals surface area contributed by atoms with Crippen molar-refractivity contribution < 1.29 is 29.3 Å². The smallest absolute Gasteiger partial charge is 0.354 e. The molecule has 10 heteroatoms. The van der Waals surface area contributed by atoms with Gasteiger partial charge in [0.05, 0.1) is 13.2 Å². The summed E-state index contributed by atoms with van der Waals surface area (Å²) in [6.45, 7) is 15.3. The van der Waals surface area contributed by atoms with Crippen LogP contribution < -0.4 is 10.1 Å². The number of carbonyl (C=O) groups is 2. The lowest BCUT2D eigenvalue weighted by Crippen LogP contribution is -2.39. The summed E-state index contributed by atoms with van der Waals surface area (Å²) in [5, 5.41) is 21.4. The molecular weight excluding hydrogens is 404 g/mol. The number of aromatic nitrogens is 1. The second-order valence-corrected chi connectivity index (χ2v) is 6.87. The third kappa shape index (κ3) is 11.1. The standard InChI is InChI=1S/C21H36N4O6/c1-4-22-7-8-24(5-2)9-10-25(6-3)11-12-30-13-14-31-17-15-18(20(26)27)23-19(16-17)21(28)29/h15-16,22H,4-14H2,1-3H3,(H,26,27)(H,28,29). The highest BCUT2D eigenvalue weighted by molar-refractivity contribution is 5.90. The minimum Gasteiger partial charge on any atom is -0.491 e. The largest absolute Gasteiger partial charge is 0.491 e. The lowest BCUT2D eigenvalue weighted by molar-refractivity contribution is 0.0681. The summed E-state index contributed by atoms with van der Waals surface area (Å²) in [6.07, 6.45) is 0. The second kappa shape index (κ2) is 15.5. The Bertz CT molecular complexity index is 641. The van der Waals surface area contributed by atoms with E-state index in [0.717, 1.165) is 52.4 Å². The van der Waals surface area contributed by atoms with Crippen LogP contribution in [-0.4, -0.2) is 109 Å². The zero-order chi connectivity index (χ0) is 23.1. The molecule has 1 rings (SSSR count). The van der Waals surface area contributed by atoms with Crippen molar-refractivity contribution in [1.29, 1.82) is 0 Å². The number of rotatable bonds is 18. The molecule has 10 nitrogen and oxygen atoms in total. The van der Waals surface area contributed by atoms with Crippen LogP contribution in [0.1, 0.15) is 41.7 Å². The molecule has 31 heavy (non-hydrogen) atoms. The molecular formula is C21H36N4O6. The van der Waals surface area contributed by atoms with Crippen LogP contribution in [0.25, 0.3) is 0 Å². The fraction of sp³-hybridized carbons (Fsp3) is 0.667. The fourth-order valence-corrected chi connectivity index (χ4v) is 2.87. The minimum absolute atomic E-state index is 0.140. The molecule has 0 fully saturated rings. The number of aromatic carboxylic acids is 2. The van der Waals surface area contributed by atoms with Gasteiger partial charge in [-0.2, -0.15) is 0 Å². The molecule has 0 saturated heterocycles. The zero-order valence-electron chi connectivity index (χ0n) is 18.8. The van der Waals surface area contributed by atoms with Crippen molar-refractivity contribution in [3.05, 3.63) is 23.5 Å². The summed E-state index contributed by atoms with van der Waals surface area (Å²) in [5.41, 5.74) is -0.748. The number of carboxylic acid groups (broad SMARTS) is 2. The van der Waals surface area contributed by atoms with E-state index in [-0.39, 0.29) is 23.7 Å². The highest BCUT2D eigenvalue weighted by Crippen LogP contribution is 2.14. The molecule has 0 aliphatic heterocycles. The lowest BCUT2D eigenvalue weighted by Gasteiger charge is -2.26. The van der Waals surface area contributed by atoms with Crippen LogP contribution in [0.3, 0.4) is 0 Å². The van der Waals surface area contributed by atoms with Crippen molar-refractivity contribution in [2.75, 3.05) is 72.2 Å². The Morgan fingerprint density at radius 2 is 1.48 bits per heavy atom. The molecule has 1 aromatic heterocycles. The van der Waals surface area contributed by atoms with Gasteiger partial charge in [0.2, 0.25) is 0 Å². The number of hydrogen-bond acceptors (Lipinski definition) is 8. The Labute approximate surface area is 184 Å². The molecule has 0 aromatic carbocycles. The maximum absolute atomic E-state index is 11.1. The van der Waals surface area contributed by atoms with Crippen molar-refractivity contribution >= 4 is 11.9 Å². The zero-order valence-corrected chi connectivity index (χ0v) is 18.8. The molecule has 0 unspecified atom stereocenters. The van der Waals surface area contributed by atoms with Gasteiger partial charge in [-0.1, -0.05) is 20.8 Å². The van der Waals surface area contributed by atoms with Gasteiger partial charge in [0.1, 0.15) is 12.4 Å². The van der Waals surface area contributed by atoms with Gasteiger partial charge in [0.25, 0.3) is 0 Å². The Balaban J connectivity index is 2.31. The van der Waals surface area contributed by atoms with Gasteiger partial charge in [0, 0.05) is 44.9 Å². The van der Waals surface area contributed by atoms with Crippen LogP contribution >= 0.6 is 0 Å². The summed E-state index contributed by atoms with van der Waals surface area (Å²) in [5.74, 6) is -2.49. The SMILES string of the molecule is CCNCCN(CC)CCN(CC)CCOCCOc1cc(C(=O)O)nc(C(=O)O)c1. The van der Waals surface area contributed by atoms with Gasteiger partial charge in [-0.15, -0.1) is 0 Å². The highest BCUT2D eigenvalue weighted by atomic mass is 16.5. The second-order valence-electron chi connectivity index (χ2n) is 6.87. The Hall–Kier alpha value is -2.27. The first-order valence-corrected chi connectivity index (χ1v) is 10.8. The van der Waals surface area contributed by atoms with Crippen molar-refractivity contribution in [3.63, 3.8) is 0 Å². The number of pyridine rings is 1. The fourth-order valence-electron chi connectivity index (χ4n) is 2.87. The molecule has 0 aliphatic carbocycles. The van der Waals surface area contributed by atoms with E-state index in [4.69, 9.17) is 19.7 Å². The van der Waals surface area contributed by atoms with Crippen molar-refractivity contribution in [3.8, 4) is 5.75 Å². The van der Waals surface area contributed by atoms with Crippen LogP contribution in [0.5, 0.6) is 5.75 Å². The first-order chi connectivity index (χ1) is 14.9. The molecule has 176 valence electrons. The quantitative estimate of drug-likeness (QED) is 0.286. The molecule has 1 heterocycles. The Kier molecular flexibility index (Phi) is 13.4. The number of likely N-dealkylation sites (N-methyl/N-ethyl adjacent to an activating group) is 3. The van der Waals surface area contributed by atoms with E-state index < -0.39 is 11.9 Å².